The first-order valence-corrected chi connectivity index (χ1v) is 10.6. The van der Waals surface area contributed by atoms with Gasteiger partial charge in [0.05, 0.1) is 0 Å². The number of benzene rings is 1. The van der Waals surface area contributed by atoms with Gasteiger partial charge in [-0.2, -0.15) is 0 Å². The zero-order chi connectivity index (χ0) is 20.5. The Labute approximate surface area is 172 Å². The topological polar surface area (TPSA) is 49.3 Å². The summed E-state index contributed by atoms with van der Waals surface area (Å²) in [6, 6.07) is 7.27. The number of carbonyl (C=O) groups excluding carboxylic acids is 1. The Morgan fingerprint density at radius 2 is 2.00 bits per heavy atom. The number of fused-ring (bicyclic) bond motifs is 1. The fraction of sp³-hybridized carbons (Fsp3) is 0.522. The standard InChI is InChI=1S/C23H29FN4O/c1-15(2)27-12-10-18(14-27)22-25-16(3)19-8-9-21(29)28(23(19)26-22)13-11-17-6-4-5-7-20(17)24/h4-7,15,18H,8-14H2,1-3H3/t18-/m1/s1. The molecular weight excluding hydrogens is 367 g/mol. The predicted octanol–water partition coefficient (Wildman–Crippen LogP) is 3.64. The number of anilines is 1. The van der Waals surface area contributed by atoms with Crippen molar-refractivity contribution in [3.63, 3.8) is 0 Å². The smallest absolute Gasteiger partial charge is 0.228 e. The second-order valence-electron chi connectivity index (χ2n) is 8.43. The van der Waals surface area contributed by atoms with Gasteiger partial charge in [0.25, 0.3) is 0 Å². The average Bonchev–Trinajstić information content (AvgIpc) is 3.19. The zero-order valence-electron chi connectivity index (χ0n) is 17.5. The highest BCUT2D eigenvalue weighted by atomic mass is 19.1. The van der Waals surface area contributed by atoms with Crippen LogP contribution in [0.2, 0.25) is 0 Å². The molecule has 0 unspecified atom stereocenters. The lowest BCUT2D eigenvalue weighted by atomic mass is 10.0. The Bertz CT molecular complexity index is 914. The number of aromatic nitrogens is 2. The van der Waals surface area contributed by atoms with Crippen molar-refractivity contribution in [3.8, 4) is 0 Å². The minimum atomic E-state index is -0.225. The van der Waals surface area contributed by atoms with E-state index in [1.165, 1.54) is 6.07 Å². The molecule has 5 nitrogen and oxygen atoms in total. The van der Waals surface area contributed by atoms with Crippen molar-refractivity contribution in [2.45, 2.75) is 58.4 Å². The van der Waals surface area contributed by atoms with E-state index in [1.807, 2.05) is 13.0 Å². The molecule has 2 aliphatic heterocycles. The van der Waals surface area contributed by atoms with Crippen molar-refractivity contribution in [2.24, 2.45) is 0 Å². The number of hydrogen-bond donors (Lipinski definition) is 0. The predicted molar refractivity (Wildman–Crippen MR) is 112 cm³/mol. The van der Waals surface area contributed by atoms with Crippen LogP contribution in [0.15, 0.2) is 24.3 Å². The Hall–Kier alpha value is -2.34. The summed E-state index contributed by atoms with van der Waals surface area (Å²) in [5.74, 6) is 1.72. The lowest BCUT2D eigenvalue weighted by Crippen LogP contribution is -2.38. The molecule has 1 fully saturated rings. The fourth-order valence-electron chi connectivity index (χ4n) is 4.42. The van der Waals surface area contributed by atoms with Crippen LogP contribution in [0.25, 0.3) is 0 Å². The third kappa shape index (κ3) is 4.04. The van der Waals surface area contributed by atoms with Gasteiger partial charge in [0, 0.05) is 42.7 Å². The van der Waals surface area contributed by atoms with Gasteiger partial charge in [-0.15, -0.1) is 0 Å². The van der Waals surface area contributed by atoms with E-state index in [2.05, 4.69) is 18.7 Å². The second kappa shape index (κ2) is 8.19. The minimum Gasteiger partial charge on any atom is -0.300 e. The normalized spacial score (nSPS) is 19.8. The summed E-state index contributed by atoms with van der Waals surface area (Å²) in [6.07, 6.45) is 2.65. The van der Waals surface area contributed by atoms with E-state index >= 15 is 0 Å². The molecule has 0 N–H and O–H groups in total. The van der Waals surface area contributed by atoms with E-state index in [9.17, 15) is 9.18 Å². The molecule has 4 rings (SSSR count). The Kier molecular flexibility index (Phi) is 5.63. The summed E-state index contributed by atoms with van der Waals surface area (Å²) in [5, 5.41) is 0. The van der Waals surface area contributed by atoms with E-state index < -0.39 is 0 Å². The van der Waals surface area contributed by atoms with E-state index in [4.69, 9.17) is 9.97 Å². The highest BCUT2D eigenvalue weighted by Gasteiger charge is 2.32. The second-order valence-corrected chi connectivity index (χ2v) is 8.43. The van der Waals surface area contributed by atoms with Gasteiger partial charge in [0.1, 0.15) is 17.5 Å². The monoisotopic (exact) mass is 396 g/mol. The molecular formula is C23H29FN4O. The Morgan fingerprint density at radius 1 is 1.21 bits per heavy atom. The molecule has 29 heavy (non-hydrogen) atoms. The number of rotatable bonds is 5. The van der Waals surface area contributed by atoms with Crippen LogP contribution in [0.3, 0.4) is 0 Å². The molecule has 1 amide bonds. The molecule has 3 heterocycles. The van der Waals surface area contributed by atoms with Crippen molar-refractivity contribution < 1.29 is 9.18 Å². The van der Waals surface area contributed by atoms with Gasteiger partial charge < -0.3 is 4.90 Å². The van der Waals surface area contributed by atoms with E-state index in [0.29, 0.717) is 43.3 Å². The molecule has 0 spiro atoms. The Morgan fingerprint density at radius 3 is 2.72 bits per heavy atom. The number of nitrogens with zero attached hydrogens (tertiary/aromatic N) is 4. The van der Waals surface area contributed by atoms with Crippen LogP contribution in [-0.2, 0) is 17.6 Å². The van der Waals surface area contributed by atoms with Crippen molar-refractivity contribution in [1.29, 1.82) is 0 Å². The number of halogens is 1. The summed E-state index contributed by atoms with van der Waals surface area (Å²) >= 11 is 0. The molecule has 0 radical (unpaired) electrons. The van der Waals surface area contributed by atoms with Gasteiger partial charge in [-0.3, -0.25) is 9.69 Å². The lowest BCUT2D eigenvalue weighted by molar-refractivity contribution is -0.118. The van der Waals surface area contributed by atoms with Crippen LogP contribution in [0.4, 0.5) is 10.2 Å². The zero-order valence-corrected chi connectivity index (χ0v) is 17.5. The van der Waals surface area contributed by atoms with Gasteiger partial charge in [-0.1, -0.05) is 18.2 Å². The van der Waals surface area contributed by atoms with Crippen molar-refractivity contribution >= 4 is 11.7 Å². The van der Waals surface area contributed by atoms with Crippen LogP contribution in [0.5, 0.6) is 0 Å². The molecule has 2 aromatic rings. The van der Waals surface area contributed by atoms with E-state index in [-0.39, 0.29) is 11.7 Å². The van der Waals surface area contributed by atoms with Gasteiger partial charge in [0.2, 0.25) is 5.91 Å². The van der Waals surface area contributed by atoms with Gasteiger partial charge >= 0.3 is 0 Å². The van der Waals surface area contributed by atoms with Gasteiger partial charge in [-0.25, -0.2) is 14.4 Å². The van der Waals surface area contributed by atoms with Crippen LogP contribution in [0, 0.1) is 12.7 Å². The first-order chi connectivity index (χ1) is 13.9. The molecule has 1 aromatic heterocycles. The maximum absolute atomic E-state index is 14.0. The molecule has 1 saturated heterocycles. The first kappa shape index (κ1) is 20.0. The van der Waals surface area contributed by atoms with Crippen molar-refractivity contribution in [2.75, 3.05) is 24.5 Å². The van der Waals surface area contributed by atoms with Crippen LogP contribution in [-0.4, -0.2) is 46.5 Å². The maximum atomic E-state index is 14.0. The minimum absolute atomic E-state index is 0.0631. The van der Waals surface area contributed by atoms with Gasteiger partial charge in [-0.05, 0) is 58.2 Å². The average molecular weight is 397 g/mol. The molecule has 6 heteroatoms. The number of hydrogen-bond acceptors (Lipinski definition) is 4. The highest BCUT2D eigenvalue weighted by molar-refractivity contribution is 5.95. The summed E-state index contributed by atoms with van der Waals surface area (Å²) in [5.41, 5.74) is 2.65. The summed E-state index contributed by atoms with van der Waals surface area (Å²) in [7, 11) is 0. The lowest BCUT2D eigenvalue weighted by Gasteiger charge is -2.30. The molecule has 0 bridgehead atoms. The summed E-state index contributed by atoms with van der Waals surface area (Å²) < 4.78 is 14.0. The van der Waals surface area contributed by atoms with Crippen LogP contribution >= 0.6 is 0 Å². The van der Waals surface area contributed by atoms with E-state index in [0.717, 1.165) is 42.4 Å². The SMILES string of the molecule is Cc1nc([C@@H]2CCN(C(C)C)C2)nc2c1CCC(=O)N2CCc1ccccc1F. The quantitative estimate of drug-likeness (QED) is 0.774. The van der Waals surface area contributed by atoms with Crippen LogP contribution in [0.1, 0.15) is 55.3 Å². The van der Waals surface area contributed by atoms with Crippen molar-refractivity contribution in [3.05, 3.63) is 52.7 Å². The molecule has 0 aliphatic carbocycles. The number of carbonyl (C=O) groups is 1. The third-order valence-corrected chi connectivity index (χ3v) is 6.23. The maximum Gasteiger partial charge on any atom is 0.228 e. The first-order valence-electron chi connectivity index (χ1n) is 10.6. The highest BCUT2D eigenvalue weighted by Crippen LogP contribution is 2.32. The number of likely N-dealkylation sites (tertiary alicyclic amines) is 1. The fourth-order valence-corrected chi connectivity index (χ4v) is 4.42. The van der Waals surface area contributed by atoms with E-state index in [1.54, 1.807) is 17.0 Å². The molecule has 1 aromatic carbocycles. The number of amides is 1. The Balaban J connectivity index is 1.60. The number of aryl methyl sites for hydroxylation is 1. The summed E-state index contributed by atoms with van der Waals surface area (Å²) in [4.78, 5) is 26.6. The summed E-state index contributed by atoms with van der Waals surface area (Å²) in [6.45, 7) is 8.89. The molecule has 154 valence electrons. The van der Waals surface area contributed by atoms with Crippen molar-refractivity contribution in [1.82, 2.24) is 14.9 Å². The molecule has 0 saturated carbocycles. The van der Waals surface area contributed by atoms with Crippen LogP contribution < -0.4 is 4.90 Å². The molecule has 1 atom stereocenters. The third-order valence-electron chi connectivity index (χ3n) is 6.23. The molecule has 2 aliphatic rings. The van der Waals surface area contributed by atoms with Gasteiger partial charge in [0.15, 0.2) is 0 Å². The largest absolute Gasteiger partial charge is 0.300 e.